The second kappa shape index (κ2) is 5.83. The number of hydrogen-bond acceptors (Lipinski definition) is 3. The third-order valence-corrected chi connectivity index (χ3v) is 3.99. The van der Waals surface area contributed by atoms with Crippen LogP contribution in [0.5, 0.6) is 0 Å². The number of allylic oxidation sites excluding steroid dienone is 3. The van der Waals surface area contributed by atoms with E-state index in [0.717, 1.165) is 17.7 Å². The van der Waals surface area contributed by atoms with E-state index in [9.17, 15) is 9.59 Å². The van der Waals surface area contributed by atoms with Crippen LogP contribution < -0.4 is 5.32 Å². The molecule has 1 aromatic rings. The van der Waals surface area contributed by atoms with Gasteiger partial charge in [-0.25, -0.2) is 4.99 Å². The first-order chi connectivity index (χ1) is 11.0. The fourth-order valence-electron chi connectivity index (χ4n) is 2.88. The van der Waals surface area contributed by atoms with Crippen LogP contribution in [0.2, 0.25) is 0 Å². The Labute approximate surface area is 134 Å². The zero-order valence-electron chi connectivity index (χ0n) is 13.3. The second-order valence-corrected chi connectivity index (χ2v) is 5.67. The van der Waals surface area contributed by atoms with Gasteiger partial charge >= 0.3 is 0 Å². The molecule has 1 aliphatic carbocycles. The minimum absolute atomic E-state index is 0.0599. The van der Waals surface area contributed by atoms with E-state index in [-0.39, 0.29) is 17.7 Å². The van der Waals surface area contributed by atoms with Gasteiger partial charge < -0.3 is 9.73 Å². The summed E-state index contributed by atoms with van der Waals surface area (Å²) in [6, 6.07) is 1.69. The van der Waals surface area contributed by atoms with Crippen molar-refractivity contribution in [1.82, 2.24) is 5.32 Å². The summed E-state index contributed by atoms with van der Waals surface area (Å²) < 4.78 is 5.37. The molecule has 1 N–H and O–H groups in total. The third kappa shape index (κ3) is 2.95. The average Bonchev–Trinajstić information content (AvgIpc) is 2.84. The van der Waals surface area contributed by atoms with Crippen LogP contribution in [0.25, 0.3) is 0 Å². The molecule has 2 amide bonds. The van der Waals surface area contributed by atoms with Gasteiger partial charge in [0.05, 0.1) is 11.3 Å². The number of hydrogen-bond donors (Lipinski definition) is 1. The molecule has 1 aromatic heterocycles. The number of carbonyl (C=O) groups is 2. The highest BCUT2D eigenvalue weighted by molar-refractivity contribution is 6.14. The lowest BCUT2D eigenvalue weighted by Gasteiger charge is -2.26. The van der Waals surface area contributed by atoms with Crippen LogP contribution >= 0.6 is 0 Å². The van der Waals surface area contributed by atoms with Crippen molar-refractivity contribution < 1.29 is 14.0 Å². The molecule has 0 saturated heterocycles. The SMILES string of the molecule is CCC1=CC(=O)NC2=CC(=NC(=O)c3cc(C)oc3C)C=CC12. The highest BCUT2D eigenvalue weighted by atomic mass is 16.3. The van der Waals surface area contributed by atoms with Crippen LogP contribution in [0.1, 0.15) is 35.2 Å². The third-order valence-electron chi connectivity index (χ3n) is 3.99. The van der Waals surface area contributed by atoms with Crippen molar-refractivity contribution >= 4 is 17.5 Å². The second-order valence-electron chi connectivity index (χ2n) is 5.67. The average molecular weight is 310 g/mol. The molecule has 23 heavy (non-hydrogen) atoms. The number of nitrogens with one attached hydrogen (secondary N) is 1. The van der Waals surface area contributed by atoms with E-state index in [4.69, 9.17) is 4.42 Å². The maximum absolute atomic E-state index is 12.3. The van der Waals surface area contributed by atoms with Crippen LogP contribution in [-0.4, -0.2) is 17.5 Å². The Hall–Kier alpha value is -2.69. The highest BCUT2D eigenvalue weighted by Gasteiger charge is 2.25. The van der Waals surface area contributed by atoms with E-state index in [2.05, 4.69) is 10.3 Å². The topological polar surface area (TPSA) is 71.7 Å². The first-order valence-electron chi connectivity index (χ1n) is 7.59. The lowest BCUT2D eigenvalue weighted by Crippen LogP contribution is -2.33. The van der Waals surface area contributed by atoms with Crippen LogP contribution in [0.15, 0.2) is 51.1 Å². The first-order valence-corrected chi connectivity index (χ1v) is 7.59. The van der Waals surface area contributed by atoms with Crippen molar-refractivity contribution in [1.29, 1.82) is 0 Å². The van der Waals surface area contributed by atoms with Gasteiger partial charge in [0.15, 0.2) is 0 Å². The Morgan fingerprint density at radius 1 is 1.35 bits per heavy atom. The number of carbonyl (C=O) groups excluding carboxylic acids is 2. The smallest absolute Gasteiger partial charge is 0.281 e. The fourth-order valence-corrected chi connectivity index (χ4v) is 2.88. The first kappa shape index (κ1) is 15.2. The molecule has 2 aliphatic rings. The van der Waals surface area contributed by atoms with Gasteiger partial charge in [0.2, 0.25) is 5.91 Å². The Morgan fingerprint density at radius 2 is 2.13 bits per heavy atom. The zero-order valence-corrected chi connectivity index (χ0v) is 13.3. The van der Waals surface area contributed by atoms with Gasteiger partial charge in [0.25, 0.3) is 5.91 Å². The van der Waals surface area contributed by atoms with Crippen molar-refractivity contribution in [2.75, 3.05) is 0 Å². The quantitative estimate of drug-likeness (QED) is 0.912. The van der Waals surface area contributed by atoms with Crippen LogP contribution in [0.3, 0.4) is 0 Å². The molecule has 0 aromatic carbocycles. The molecular weight excluding hydrogens is 292 g/mol. The molecule has 0 saturated carbocycles. The molecular formula is C18H18N2O3. The normalized spacial score (nSPS) is 21.6. The van der Waals surface area contributed by atoms with E-state index in [1.807, 2.05) is 19.1 Å². The van der Waals surface area contributed by atoms with E-state index >= 15 is 0 Å². The predicted molar refractivity (Wildman–Crippen MR) is 87.2 cm³/mol. The maximum atomic E-state index is 12.3. The van der Waals surface area contributed by atoms with Gasteiger partial charge in [-0.2, -0.15) is 0 Å². The molecule has 3 rings (SSSR count). The molecule has 1 unspecified atom stereocenters. The standard InChI is InChI=1S/C18H18N2O3/c1-4-12-8-17(21)20-16-9-13(5-6-14(12)16)19-18(22)15-7-10(2)23-11(15)3/h5-9,14H,4H2,1-3H3,(H,20,21). The summed E-state index contributed by atoms with van der Waals surface area (Å²) in [7, 11) is 0. The largest absolute Gasteiger partial charge is 0.466 e. The number of aryl methyl sites for hydroxylation is 2. The van der Waals surface area contributed by atoms with Crippen LogP contribution in [0, 0.1) is 19.8 Å². The number of furan rings is 1. The number of rotatable bonds is 2. The molecule has 0 spiro atoms. The maximum Gasteiger partial charge on any atom is 0.281 e. The predicted octanol–water partition coefficient (Wildman–Crippen LogP) is 3.01. The number of aliphatic imine (C=N–C) groups is 1. The van der Waals surface area contributed by atoms with Crippen LogP contribution in [-0.2, 0) is 4.79 Å². The van der Waals surface area contributed by atoms with Gasteiger partial charge in [-0.05, 0) is 38.5 Å². The van der Waals surface area contributed by atoms with Crippen molar-refractivity contribution in [2.45, 2.75) is 27.2 Å². The number of amides is 2. The minimum atomic E-state index is -0.345. The van der Waals surface area contributed by atoms with Gasteiger partial charge in [0.1, 0.15) is 11.5 Å². The summed E-state index contributed by atoms with van der Waals surface area (Å²) in [5.74, 6) is 0.823. The summed E-state index contributed by atoms with van der Waals surface area (Å²) in [5, 5.41) is 2.82. The fraction of sp³-hybridized carbons (Fsp3) is 0.278. The number of fused-ring (bicyclic) bond motifs is 1. The Bertz CT molecular complexity index is 806. The van der Waals surface area contributed by atoms with Gasteiger partial charge in [-0.3, -0.25) is 9.59 Å². The Morgan fingerprint density at radius 3 is 2.78 bits per heavy atom. The highest BCUT2D eigenvalue weighted by Crippen LogP contribution is 2.29. The van der Waals surface area contributed by atoms with Gasteiger partial charge in [0, 0.05) is 17.7 Å². The van der Waals surface area contributed by atoms with Crippen molar-refractivity contribution in [3.63, 3.8) is 0 Å². The summed E-state index contributed by atoms with van der Waals surface area (Å²) in [6.45, 7) is 5.55. The van der Waals surface area contributed by atoms with Crippen molar-refractivity contribution in [2.24, 2.45) is 10.9 Å². The summed E-state index contributed by atoms with van der Waals surface area (Å²) >= 11 is 0. The van der Waals surface area contributed by atoms with E-state index in [0.29, 0.717) is 22.8 Å². The molecule has 5 nitrogen and oxygen atoms in total. The molecule has 0 fully saturated rings. The minimum Gasteiger partial charge on any atom is -0.466 e. The molecule has 1 aliphatic heterocycles. The Balaban J connectivity index is 1.89. The van der Waals surface area contributed by atoms with Gasteiger partial charge in [-0.1, -0.05) is 18.6 Å². The van der Waals surface area contributed by atoms with Gasteiger partial charge in [-0.15, -0.1) is 0 Å². The van der Waals surface area contributed by atoms with E-state index < -0.39 is 0 Å². The molecule has 118 valence electrons. The lowest BCUT2D eigenvalue weighted by molar-refractivity contribution is -0.116. The molecule has 5 heteroatoms. The monoisotopic (exact) mass is 310 g/mol. The summed E-state index contributed by atoms with van der Waals surface area (Å²) in [4.78, 5) is 28.1. The molecule has 2 heterocycles. The molecule has 0 bridgehead atoms. The molecule has 0 radical (unpaired) electrons. The molecule has 1 atom stereocenters. The summed E-state index contributed by atoms with van der Waals surface area (Å²) in [5.41, 5.74) is 2.81. The van der Waals surface area contributed by atoms with E-state index in [1.54, 1.807) is 32.1 Å². The van der Waals surface area contributed by atoms with Crippen molar-refractivity contribution in [3.8, 4) is 0 Å². The lowest BCUT2D eigenvalue weighted by atomic mass is 9.86. The number of nitrogens with zero attached hydrogens (tertiary/aromatic N) is 1. The van der Waals surface area contributed by atoms with Crippen LogP contribution in [0.4, 0.5) is 0 Å². The zero-order chi connectivity index (χ0) is 16.6. The Kier molecular flexibility index (Phi) is 3.86. The van der Waals surface area contributed by atoms with Crippen molar-refractivity contribution in [3.05, 3.63) is 58.7 Å². The van der Waals surface area contributed by atoms with E-state index in [1.165, 1.54) is 0 Å². The summed E-state index contributed by atoms with van der Waals surface area (Å²) in [6.07, 6.45) is 7.97.